The van der Waals surface area contributed by atoms with E-state index < -0.39 is 10.0 Å². The van der Waals surface area contributed by atoms with Gasteiger partial charge in [0.2, 0.25) is 0 Å². The molecular weight excluding hydrogens is 330 g/mol. The molecule has 0 saturated heterocycles. The fraction of sp³-hybridized carbons (Fsp3) is 0.438. The number of anilines is 1. The summed E-state index contributed by atoms with van der Waals surface area (Å²) in [5.41, 5.74) is 0.888. The number of aromatic nitrogens is 2. The molecule has 0 unspecified atom stereocenters. The van der Waals surface area contributed by atoms with Crippen molar-refractivity contribution in [3.05, 3.63) is 30.0 Å². The fourth-order valence-electron chi connectivity index (χ4n) is 2.74. The molecule has 0 atom stereocenters. The molecule has 7 nitrogen and oxygen atoms in total. The van der Waals surface area contributed by atoms with Crippen molar-refractivity contribution in [1.82, 2.24) is 9.78 Å². The molecule has 1 N–H and O–H groups in total. The van der Waals surface area contributed by atoms with Crippen LogP contribution in [0.5, 0.6) is 11.6 Å². The Bertz CT molecular complexity index is 871. The highest BCUT2D eigenvalue weighted by Crippen LogP contribution is 2.36. The number of hydrogen-bond acceptors (Lipinski definition) is 5. The minimum atomic E-state index is -3.74. The second-order valence-electron chi connectivity index (χ2n) is 6.37. The van der Waals surface area contributed by atoms with Crippen LogP contribution in [0.4, 0.5) is 5.69 Å². The number of sulfonamides is 1. The van der Waals surface area contributed by atoms with Crippen LogP contribution in [-0.4, -0.2) is 30.4 Å². The zero-order chi connectivity index (χ0) is 17.5. The van der Waals surface area contributed by atoms with E-state index in [-0.39, 0.29) is 16.4 Å². The van der Waals surface area contributed by atoms with Gasteiger partial charge in [-0.15, -0.1) is 5.10 Å². The van der Waals surface area contributed by atoms with Gasteiger partial charge in [-0.1, -0.05) is 0 Å². The van der Waals surface area contributed by atoms with Gasteiger partial charge in [0.1, 0.15) is 17.0 Å². The number of hydrogen-bond donors (Lipinski definition) is 1. The summed E-state index contributed by atoms with van der Waals surface area (Å²) in [6, 6.07) is 4.90. The molecule has 0 aliphatic carbocycles. The smallest absolute Gasteiger partial charge is 0.262 e. The third kappa shape index (κ3) is 3.19. The van der Waals surface area contributed by atoms with Gasteiger partial charge >= 0.3 is 0 Å². The summed E-state index contributed by atoms with van der Waals surface area (Å²) < 4.78 is 40.6. The highest BCUT2D eigenvalue weighted by atomic mass is 32.2. The van der Waals surface area contributed by atoms with Gasteiger partial charge in [-0.3, -0.25) is 9.40 Å². The highest BCUT2D eigenvalue weighted by molar-refractivity contribution is 7.92. The molecule has 8 heteroatoms. The van der Waals surface area contributed by atoms with E-state index in [9.17, 15) is 8.42 Å². The van der Waals surface area contributed by atoms with Gasteiger partial charge < -0.3 is 9.47 Å². The molecule has 24 heavy (non-hydrogen) atoms. The number of benzene rings is 1. The van der Waals surface area contributed by atoms with Gasteiger partial charge in [0.25, 0.3) is 15.9 Å². The lowest BCUT2D eigenvalue weighted by Gasteiger charge is -2.16. The molecule has 2 heterocycles. The predicted octanol–water partition coefficient (Wildman–Crippen LogP) is 2.33. The number of nitrogens with one attached hydrogen (secondary N) is 1. The normalized spacial score (nSPS) is 15.7. The van der Waals surface area contributed by atoms with Gasteiger partial charge in [-0.2, -0.15) is 0 Å². The predicted molar refractivity (Wildman–Crippen MR) is 90.0 cm³/mol. The maximum absolute atomic E-state index is 12.7. The molecule has 1 aromatic carbocycles. The summed E-state index contributed by atoms with van der Waals surface area (Å²) in [5.74, 6) is 0.990. The van der Waals surface area contributed by atoms with Crippen LogP contribution >= 0.6 is 0 Å². The Kier molecular flexibility index (Phi) is 3.95. The first-order valence-electron chi connectivity index (χ1n) is 7.71. The van der Waals surface area contributed by atoms with E-state index in [1.807, 2.05) is 20.8 Å². The van der Waals surface area contributed by atoms with E-state index in [4.69, 9.17) is 9.47 Å². The van der Waals surface area contributed by atoms with E-state index >= 15 is 0 Å². The molecule has 2 aromatic rings. The van der Waals surface area contributed by atoms with Crippen LogP contribution in [0.25, 0.3) is 0 Å². The van der Waals surface area contributed by atoms with E-state index in [0.717, 1.165) is 11.3 Å². The van der Waals surface area contributed by atoms with Crippen molar-refractivity contribution in [1.29, 1.82) is 0 Å². The molecule has 0 amide bonds. The van der Waals surface area contributed by atoms with Crippen molar-refractivity contribution in [2.24, 2.45) is 7.05 Å². The molecule has 1 aliphatic rings. The zero-order valence-electron chi connectivity index (χ0n) is 14.2. The van der Waals surface area contributed by atoms with Crippen LogP contribution in [0.1, 0.15) is 26.3 Å². The number of fused-ring (bicyclic) bond motifs is 1. The molecule has 1 aromatic heterocycles. The van der Waals surface area contributed by atoms with Crippen molar-refractivity contribution < 1.29 is 17.9 Å². The summed E-state index contributed by atoms with van der Waals surface area (Å²) in [4.78, 5) is 0.189. The SMILES string of the molecule is CCOc1nn(C)cc1NS(=O)(=O)c1ccc2c(c1)CC(C)(C)O2. The zero-order valence-corrected chi connectivity index (χ0v) is 15.0. The first-order chi connectivity index (χ1) is 11.2. The fourth-order valence-corrected chi connectivity index (χ4v) is 3.83. The maximum Gasteiger partial charge on any atom is 0.262 e. The van der Waals surface area contributed by atoms with Crippen LogP contribution < -0.4 is 14.2 Å². The Morgan fingerprint density at radius 1 is 1.42 bits per heavy atom. The Hall–Kier alpha value is -2.22. The molecule has 3 rings (SSSR count). The molecule has 1 aliphatic heterocycles. The quantitative estimate of drug-likeness (QED) is 0.894. The molecule has 0 saturated carbocycles. The number of ether oxygens (including phenoxy) is 2. The van der Waals surface area contributed by atoms with Crippen LogP contribution in [0, 0.1) is 0 Å². The molecule has 0 radical (unpaired) electrons. The summed E-state index contributed by atoms with van der Waals surface area (Å²) in [6.07, 6.45) is 2.24. The summed E-state index contributed by atoms with van der Waals surface area (Å²) in [7, 11) is -2.04. The maximum atomic E-state index is 12.7. The van der Waals surface area contributed by atoms with E-state index in [2.05, 4.69) is 9.82 Å². The Morgan fingerprint density at radius 2 is 2.17 bits per heavy atom. The topological polar surface area (TPSA) is 82.5 Å². The lowest BCUT2D eigenvalue weighted by atomic mass is 10.0. The summed E-state index contributed by atoms with van der Waals surface area (Å²) >= 11 is 0. The van der Waals surface area contributed by atoms with Crippen molar-refractivity contribution >= 4 is 15.7 Å². The molecule has 130 valence electrons. The van der Waals surface area contributed by atoms with Crippen molar-refractivity contribution in [3.8, 4) is 11.6 Å². The first kappa shape index (κ1) is 16.6. The summed E-state index contributed by atoms with van der Waals surface area (Å²) in [6.45, 7) is 6.17. The Morgan fingerprint density at radius 3 is 2.88 bits per heavy atom. The molecular formula is C16H21N3O4S. The van der Waals surface area contributed by atoms with Gasteiger partial charge in [-0.25, -0.2) is 8.42 Å². The number of nitrogens with zero attached hydrogens (tertiary/aromatic N) is 2. The van der Waals surface area contributed by atoms with E-state index in [1.54, 1.807) is 31.4 Å². The van der Waals surface area contributed by atoms with Crippen molar-refractivity contribution in [2.75, 3.05) is 11.3 Å². The van der Waals surface area contributed by atoms with Crippen LogP contribution in [-0.2, 0) is 23.5 Å². The number of rotatable bonds is 5. The standard InChI is InChI=1S/C16H21N3O4S/c1-5-22-15-13(10-19(4)17-15)18-24(20,21)12-6-7-14-11(8-12)9-16(2,3)23-14/h6-8,10,18H,5,9H2,1-4H3. The van der Waals surface area contributed by atoms with Crippen molar-refractivity contribution in [3.63, 3.8) is 0 Å². The highest BCUT2D eigenvalue weighted by Gasteiger charge is 2.31. The second kappa shape index (κ2) is 5.70. The third-order valence-electron chi connectivity index (χ3n) is 3.66. The van der Waals surface area contributed by atoms with E-state index in [0.29, 0.717) is 18.7 Å². The van der Waals surface area contributed by atoms with Crippen LogP contribution in [0.15, 0.2) is 29.3 Å². The number of aryl methyl sites for hydroxylation is 1. The Balaban J connectivity index is 1.90. The first-order valence-corrected chi connectivity index (χ1v) is 9.20. The minimum absolute atomic E-state index is 0.189. The molecule has 0 bridgehead atoms. The largest absolute Gasteiger partial charge is 0.487 e. The summed E-state index contributed by atoms with van der Waals surface area (Å²) in [5, 5.41) is 4.10. The monoisotopic (exact) mass is 351 g/mol. The minimum Gasteiger partial charge on any atom is -0.487 e. The Labute approximate surface area is 141 Å². The second-order valence-corrected chi connectivity index (χ2v) is 8.05. The lowest BCUT2D eigenvalue weighted by Crippen LogP contribution is -2.24. The average molecular weight is 351 g/mol. The molecule has 0 fully saturated rings. The lowest BCUT2D eigenvalue weighted by molar-refractivity contribution is 0.138. The van der Waals surface area contributed by atoms with Crippen molar-refractivity contribution in [2.45, 2.75) is 37.7 Å². The third-order valence-corrected chi connectivity index (χ3v) is 5.03. The average Bonchev–Trinajstić information content (AvgIpc) is 2.95. The van der Waals surface area contributed by atoms with Gasteiger partial charge in [0.15, 0.2) is 0 Å². The van der Waals surface area contributed by atoms with E-state index in [1.165, 1.54) is 4.68 Å². The van der Waals surface area contributed by atoms with Gasteiger partial charge in [0.05, 0.1) is 17.7 Å². The molecule has 0 spiro atoms. The van der Waals surface area contributed by atoms with Crippen LogP contribution in [0.3, 0.4) is 0 Å². The van der Waals surface area contributed by atoms with Crippen LogP contribution in [0.2, 0.25) is 0 Å². The van der Waals surface area contributed by atoms with Gasteiger partial charge in [0, 0.05) is 13.5 Å². The van der Waals surface area contributed by atoms with Gasteiger partial charge in [-0.05, 0) is 44.5 Å².